The maximum atomic E-state index is 13.4. The van der Waals surface area contributed by atoms with E-state index in [1.54, 1.807) is 15.9 Å². The average Bonchev–Trinajstić information content (AvgIpc) is 3.10. The number of thioether (sulfide) groups is 1. The number of nitrogens with zero attached hydrogens (tertiary/aromatic N) is 2. The van der Waals surface area contributed by atoms with Gasteiger partial charge in [0.2, 0.25) is 0 Å². The number of thiocarbonyl (C=S) groups is 1. The highest BCUT2D eigenvalue weighted by Crippen LogP contribution is 2.45. The zero-order chi connectivity index (χ0) is 20.0. The van der Waals surface area contributed by atoms with Gasteiger partial charge in [-0.05, 0) is 31.5 Å². The molecule has 4 rings (SSSR count). The second-order valence-electron chi connectivity index (χ2n) is 6.84. The van der Waals surface area contributed by atoms with Crippen LogP contribution in [0.25, 0.3) is 5.57 Å². The van der Waals surface area contributed by atoms with Crippen molar-refractivity contribution in [2.75, 3.05) is 4.90 Å². The summed E-state index contributed by atoms with van der Waals surface area (Å²) in [5.74, 6) is -0.409. The van der Waals surface area contributed by atoms with Crippen molar-refractivity contribution in [3.63, 3.8) is 0 Å². The number of fused-ring (bicyclic) bond motifs is 1. The van der Waals surface area contributed by atoms with E-state index in [1.165, 1.54) is 11.8 Å². The third-order valence-electron chi connectivity index (χ3n) is 4.75. The van der Waals surface area contributed by atoms with Gasteiger partial charge in [0.1, 0.15) is 4.32 Å². The summed E-state index contributed by atoms with van der Waals surface area (Å²) < 4.78 is 0.484. The van der Waals surface area contributed by atoms with Gasteiger partial charge in [-0.15, -0.1) is 0 Å². The lowest BCUT2D eigenvalue weighted by molar-refractivity contribution is -0.123. The monoisotopic (exact) mass is 428 g/mol. The number of para-hydroxylation sites is 1. The lowest BCUT2D eigenvalue weighted by Crippen LogP contribution is -2.35. The quantitative estimate of drug-likeness (QED) is 0.516. The maximum Gasteiger partial charge on any atom is 0.267 e. The van der Waals surface area contributed by atoms with Crippen molar-refractivity contribution < 1.29 is 9.59 Å². The molecule has 2 amide bonds. The predicted molar refractivity (Wildman–Crippen MR) is 118 cm³/mol. The molecule has 2 aliphatic heterocycles. The van der Waals surface area contributed by atoms with Gasteiger partial charge in [-0.25, -0.2) is 0 Å². The van der Waals surface area contributed by atoms with E-state index in [0.717, 1.165) is 16.8 Å². The Balaban J connectivity index is 1.81. The lowest BCUT2D eigenvalue weighted by Gasteiger charge is -2.19. The van der Waals surface area contributed by atoms with Crippen LogP contribution < -0.4 is 4.90 Å². The first kappa shape index (κ1) is 19.2. The molecule has 2 aromatic rings. The minimum atomic E-state index is -0.206. The van der Waals surface area contributed by atoms with Crippen molar-refractivity contribution in [2.45, 2.75) is 26.4 Å². The Morgan fingerprint density at radius 2 is 1.71 bits per heavy atom. The van der Waals surface area contributed by atoms with Crippen LogP contribution in [0.4, 0.5) is 5.69 Å². The second-order valence-corrected chi connectivity index (χ2v) is 8.89. The van der Waals surface area contributed by atoms with Gasteiger partial charge in [0.25, 0.3) is 11.8 Å². The Bertz CT molecular complexity index is 1050. The first-order chi connectivity index (χ1) is 13.4. The third kappa shape index (κ3) is 3.05. The fraction of sp³-hybridized carbons (Fsp3) is 0.190. The molecule has 0 radical (unpaired) electrons. The summed E-state index contributed by atoms with van der Waals surface area (Å²) >= 11 is 12.9. The van der Waals surface area contributed by atoms with Crippen LogP contribution in [-0.4, -0.2) is 27.1 Å². The summed E-state index contributed by atoms with van der Waals surface area (Å²) in [6, 6.07) is 14.9. The summed E-state index contributed by atoms with van der Waals surface area (Å²) in [5.41, 5.74) is 2.80. The second kappa shape index (κ2) is 7.35. The van der Waals surface area contributed by atoms with Gasteiger partial charge in [-0.2, -0.15) is 0 Å². The molecule has 7 heteroatoms. The summed E-state index contributed by atoms with van der Waals surface area (Å²) in [7, 11) is 0. The number of benzene rings is 2. The van der Waals surface area contributed by atoms with Crippen molar-refractivity contribution >= 4 is 63.0 Å². The van der Waals surface area contributed by atoms with E-state index in [1.807, 2.05) is 56.3 Å². The van der Waals surface area contributed by atoms with Crippen molar-refractivity contribution in [1.29, 1.82) is 0 Å². The highest BCUT2D eigenvalue weighted by Gasteiger charge is 2.42. The van der Waals surface area contributed by atoms with Crippen LogP contribution in [0.2, 0.25) is 5.02 Å². The smallest absolute Gasteiger partial charge is 0.267 e. The molecule has 0 spiro atoms. The topological polar surface area (TPSA) is 40.6 Å². The molecule has 0 atom stereocenters. The van der Waals surface area contributed by atoms with Crippen LogP contribution >= 0.6 is 35.6 Å². The van der Waals surface area contributed by atoms with Crippen LogP contribution in [0.1, 0.15) is 25.0 Å². The minimum Gasteiger partial charge on any atom is -0.303 e. The number of carbonyl (C=O) groups excluding carboxylic acids is 2. The molecule has 0 saturated carbocycles. The molecule has 1 saturated heterocycles. The first-order valence-electron chi connectivity index (χ1n) is 8.84. The van der Waals surface area contributed by atoms with E-state index in [0.29, 0.717) is 26.4 Å². The summed E-state index contributed by atoms with van der Waals surface area (Å²) in [6.07, 6.45) is 0. The molecule has 0 unspecified atom stereocenters. The number of halogens is 1. The summed E-state index contributed by atoms with van der Waals surface area (Å²) in [6.45, 7) is 4.16. The van der Waals surface area contributed by atoms with Gasteiger partial charge in [0.15, 0.2) is 0 Å². The van der Waals surface area contributed by atoms with Gasteiger partial charge >= 0.3 is 0 Å². The Morgan fingerprint density at radius 1 is 1.04 bits per heavy atom. The Hall–Kier alpha value is -2.15. The Labute approximate surface area is 178 Å². The molecule has 142 valence electrons. The van der Waals surface area contributed by atoms with Crippen LogP contribution in [0, 0.1) is 0 Å². The molecule has 2 aliphatic rings. The van der Waals surface area contributed by atoms with Crippen LogP contribution in [0.15, 0.2) is 53.4 Å². The predicted octanol–water partition coefficient (Wildman–Crippen LogP) is 4.87. The molecule has 4 nitrogen and oxygen atoms in total. The number of carbonyl (C=O) groups is 2. The number of anilines is 1. The zero-order valence-corrected chi connectivity index (χ0v) is 17.7. The van der Waals surface area contributed by atoms with E-state index in [2.05, 4.69) is 0 Å². The van der Waals surface area contributed by atoms with Crippen LogP contribution in [-0.2, 0) is 16.1 Å². The normalized spacial score (nSPS) is 19.2. The van der Waals surface area contributed by atoms with Gasteiger partial charge in [0.05, 0.1) is 22.7 Å². The molecule has 1 fully saturated rings. The fourth-order valence-corrected chi connectivity index (χ4v) is 5.22. The van der Waals surface area contributed by atoms with Gasteiger partial charge in [-0.3, -0.25) is 14.5 Å². The third-order valence-corrected chi connectivity index (χ3v) is 6.52. The van der Waals surface area contributed by atoms with Crippen molar-refractivity contribution in [2.24, 2.45) is 0 Å². The Kier molecular flexibility index (Phi) is 5.04. The van der Waals surface area contributed by atoms with E-state index in [4.69, 9.17) is 23.8 Å². The molecular weight excluding hydrogens is 412 g/mol. The molecule has 0 bridgehead atoms. The SMILES string of the molecule is CC(C)N1C(=O)/C(=C2/C(=O)N(Cc3ccccc3Cl)c3ccccc32)SC1=S. The van der Waals surface area contributed by atoms with Gasteiger partial charge < -0.3 is 4.90 Å². The van der Waals surface area contributed by atoms with Crippen LogP contribution in [0.3, 0.4) is 0 Å². The highest BCUT2D eigenvalue weighted by molar-refractivity contribution is 8.26. The zero-order valence-electron chi connectivity index (χ0n) is 15.3. The van der Waals surface area contributed by atoms with Crippen molar-refractivity contribution in [3.8, 4) is 0 Å². The van der Waals surface area contributed by atoms with E-state index in [-0.39, 0.29) is 17.9 Å². The van der Waals surface area contributed by atoms with E-state index in [9.17, 15) is 9.59 Å². The summed E-state index contributed by atoms with van der Waals surface area (Å²) in [5, 5.41) is 0.604. The van der Waals surface area contributed by atoms with Crippen molar-refractivity contribution in [1.82, 2.24) is 4.90 Å². The highest BCUT2D eigenvalue weighted by atomic mass is 35.5. The molecule has 0 aromatic heterocycles. The van der Waals surface area contributed by atoms with Gasteiger partial charge in [-0.1, -0.05) is 72.0 Å². The average molecular weight is 429 g/mol. The van der Waals surface area contributed by atoms with Crippen molar-refractivity contribution in [3.05, 3.63) is 69.6 Å². The molecular formula is C21H17ClN2O2S2. The molecule has 2 heterocycles. The Morgan fingerprint density at radius 3 is 2.39 bits per heavy atom. The fourth-order valence-electron chi connectivity index (χ4n) is 3.43. The summed E-state index contributed by atoms with van der Waals surface area (Å²) in [4.78, 5) is 30.0. The first-order valence-corrected chi connectivity index (χ1v) is 10.4. The number of hydrogen-bond donors (Lipinski definition) is 0. The number of rotatable bonds is 3. The maximum absolute atomic E-state index is 13.4. The lowest BCUT2D eigenvalue weighted by atomic mass is 10.1. The molecule has 2 aromatic carbocycles. The standard InChI is InChI=1S/C21H17ClN2O2S2/c1-12(2)24-20(26)18(28-21(24)27)17-14-8-4-6-10-16(14)23(19(17)25)11-13-7-3-5-9-15(13)22/h3-10,12H,11H2,1-2H3/b18-17-. The largest absolute Gasteiger partial charge is 0.303 e. The molecule has 0 aliphatic carbocycles. The van der Waals surface area contributed by atoms with Gasteiger partial charge in [0, 0.05) is 16.6 Å². The number of amides is 2. The number of hydrogen-bond acceptors (Lipinski definition) is 4. The minimum absolute atomic E-state index is 0.0587. The van der Waals surface area contributed by atoms with Crippen LogP contribution in [0.5, 0.6) is 0 Å². The van der Waals surface area contributed by atoms with E-state index < -0.39 is 0 Å². The van der Waals surface area contributed by atoms with E-state index >= 15 is 0 Å². The molecule has 0 N–H and O–H groups in total. The molecule has 28 heavy (non-hydrogen) atoms.